The predicted molar refractivity (Wildman–Crippen MR) is 61.2 cm³/mol. The van der Waals surface area contributed by atoms with Gasteiger partial charge in [0, 0.05) is 19.0 Å². The topological polar surface area (TPSA) is 66.9 Å². The minimum Gasteiger partial charge on any atom is -0.367 e. The molecule has 1 aromatic rings. The molecule has 1 amide bonds. The van der Waals surface area contributed by atoms with Gasteiger partial charge in [-0.15, -0.1) is 0 Å². The third-order valence-corrected chi connectivity index (χ3v) is 2.81. The van der Waals surface area contributed by atoms with E-state index < -0.39 is 0 Å². The highest BCUT2D eigenvalue weighted by atomic mass is 16.1. The van der Waals surface area contributed by atoms with Gasteiger partial charge >= 0.3 is 0 Å². The number of hydrogen-bond donors (Lipinski definition) is 2. The van der Waals surface area contributed by atoms with Crippen molar-refractivity contribution in [3.8, 4) is 0 Å². The molecule has 16 heavy (non-hydrogen) atoms. The zero-order valence-electron chi connectivity index (χ0n) is 9.58. The van der Waals surface area contributed by atoms with Gasteiger partial charge in [0.25, 0.3) is 0 Å². The van der Waals surface area contributed by atoms with Crippen molar-refractivity contribution in [2.75, 3.05) is 11.9 Å². The molecule has 0 aliphatic carbocycles. The molecular weight excluding hydrogens is 204 g/mol. The van der Waals surface area contributed by atoms with E-state index in [9.17, 15) is 4.79 Å². The molecule has 1 fully saturated rings. The van der Waals surface area contributed by atoms with Gasteiger partial charge in [-0.25, -0.2) is 4.98 Å². The first kappa shape index (κ1) is 10.9. The lowest BCUT2D eigenvalue weighted by molar-refractivity contribution is -0.119. The molecule has 5 nitrogen and oxygen atoms in total. The summed E-state index contributed by atoms with van der Waals surface area (Å²) in [5.74, 6) is 0.905. The van der Waals surface area contributed by atoms with Gasteiger partial charge in [0.15, 0.2) is 0 Å². The van der Waals surface area contributed by atoms with Gasteiger partial charge in [0.1, 0.15) is 5.82 Å². The van der Waals surface area contributed by atoms with E-state index in [1.807, 2.05) is 13.8 Å². The molecule has 86 valence electrons. The van der Waals surface area contributed by atoms with E-state index in [4.69, 9.17) is 0 Å². The molecule has 2 N–H and O–H groups in total. The van der Waals surface area contributed by atoms with Crippen LogP contribution in [-0.2, 0) is 4.79 Å². The quantitative estimate of drug-likeness (QED) is 0.790. The highest BCUT2D eigenvalue weighted by Crippen LogP contribution is 2.09. The molecule has 0 spiro atoms. The number of hydrogen-bond acceptors (Lipinski definition) is 4. The Morgan fingerprint density at radius 1 is 1.50 bits per heavy atom. The average Bonchev–Trinajstić information content (AvgIpc) is 2.66. The van der Waals surface area contributed by atoms with E-state index in [-0.39, 0.29) is 11.9 Å². The third-order valence-electron chi connectivity index (χ3n) is 2.81. The van der Waals surface area contributed by atoms with Crippen LogP contribution >= 0.6 is 0 Å². The standard InChI is InChI=1S/C11H16N4O/c1-7-8(2)14-10(6-12-7)13-5-9-3-4-11(16)15-9/h6,9H,3-5H2,1-2H3,(H,13,14)(H,15,16). The Balaban J connectivity index is 1.89. The molecule has 1 aliphatic heterocycles. The summed E-state index contributed by atoms with van der Waals surface area (Å²) in [5.41, 5.74) is 1.88. The average molecular weight is 220 g/mol. The Hall–Kier alpha value is -1.65. The molecule has 1 saturated heterocycles. The summed E-state index contributed by atoms with van der Waals surface area (Å²) in [5, 5.41) is 6.09. The number of rotatable bonds is 3. The second-order valence-electron chi connectivity index (χ2n) is 4.11. The van der Waals surface area contributed by atoms with Gasteiger partial charge in [-0.1, -0.05) is 0 Å². The fraction of sp³-hybridized carbons (Fsp3) is 0.545. The lowest BCUT2D eigenvalue weighted by Crippen LogP contribution is -2.32. The first-order chi connectivity index (χ1) is 7.65. The fourth-order valence-electron chi connectivity index (χ4n) is 1.69. The number of nitrogens with zero attached hydrogens (tertiary/aromatic N) is 2. The monoisotopic (exact) mass is 220 g/mol. The maximum Gasteiger partial charge on any atom is 0.220 e. The molecule has 1 unspecified atom stereocenters. The number of aryl methyl sites for hydroxylation is 2. The second-order valence-corrected chi connectivity index (χ2v) is 4.11. The molecule has 5 heteroatoms. The molecule has 0 saturated carbocycles. The summed E-state index contributed by atoms with van der Waals surface area (Å²) in [6.45, 7) is 4.58. The zero-order chi connectivity index (χ0) is 11.5. The highest BCUT2D eigenvalue weighted by Gasteiger charge is 2.20. The van der Waals surface area contributed by atoms with Gasteiger partial charge in [0.2, 0.25) is 5.91 Å². The minimum atomic E-state index is 0.137. The lowest BCUT2D eigenvalue weighted by Gasteiger charge is -2.12. The summed E-state index contributed by atoms with van der Waals surface area (Å²) >= 11 is 0. The van der Waals surface area contributed by atoms with Crippen LogP contribution in [0, 0.1) is 13.8 Å². The Kier molecular flexibility index (Phi) is 3.03. The Morgan fingerprint density at radius 3 is 2.94 bits per heavy atom. The number of amides is 1. The Bertz CT molecular complexity index is 405. The van der Waals surface area contributed by atoms with Crippen LogP contribution in [0.15, 0.2) is 6.20 Å². The molecule has 2 rings (SSSR count). The fourth-order valence-corrected chi connectivity index (χ4v) is 1.69. The summed E-state index contributed by atoms with van der Waals surface area (Å²) < 4.78 is 0. The van der Waals surface area contributed by atoms with Crippen molar-refractivity contribution in [2.45, 2.75) is 32.7 Å². The van der Waals surface area contributed by atoms with E-state index in [0.717, 1.165) is 23.6 Å². The van der Waals surface area contributed by atoms with Crippen LogP contribution in [0.2, 0.25) is 0 Å². The highest BCUT2D eigenvalue weighted by molar-refractivity contribution is 5.78. The number of carbonyl (C=O) groups excluding carboxylic acids is 1. The first-order valence-corrected chi connectivity index (χ1v) is 5.48. The third kappa shape index (κ3) is 2.48. The maximum atomic E-state index is 11.0. The largest absolute Gasteiger partial charge is 0.367 e. The number of carbonyl (C=O) groups is 1. The van der Waals surface area contributed by atoms with Crippen LogP contribution in [0.1, 0.15) is 24.2 Å². The minimum absolute atomic E-state index is 0.137. The van der Waals surface area contributed by atoms with Gasteiger partial charge in [0.05, 0.1) is 17.6 Å². The number of aromatic nitrogens is 2. The lowest BCUT2D eigenvalue weighted by atomic mass is 10.2. The molecule has 0 bridgehead atoms. The SMILES string of the molecule is Cc1ncc(NCC2CCC(=O)N2)nc1C. The van der Waals surface area contributed by atoms with Crippen LogP contribution in [0.25, 0.3) is 0 Å². The second kappa shape index (κ2) is 4.47. The van der Waals surface area contributed by atoms with Crippen LogP contribution in [-0.4, -0.2) is 28.5 Å². The van der Waals surface area contributed by atoms with Crippen molar-refractivity contribution >= 4 is 11.7 Å². The van der Waals surface area contributed by atoms with Crippen molar-refractivity contribution in [3.05, 3.63) is 17.6 Å². The smallest absolute Gasteiger partial charge is 0.220 e. The predicted octanol–water partition coefficient (Wildman–Crippen LogP) is 0.784. The van der Waals surface area contributed by atoms with Crippen LogP contribution in [0.5, 0.6) is 0 Å². The molecule has 2 heterocycles. The van der Waals surface area contributed by atoms with Crippen molar-refractivity contribution in [2.24, 2.45) is 0 Å². The normalized spacial score (nSPS) is 19.6. The summed E-state index contributed by atoms with van der Waals surface area (Å²) in [6.07, 6.45) is 3.24. The van der Waals surface area contributed by atoms with E-state index in [0.29, 0.717) is 13.0 Å². The van der Waals surface area contributed by atoms with Crippen molar-refractivity contribution in [3.63, 3.8) is 0 Å². The van der Waals surface area contributed by atoms with Crippen LogP contribution in [0.3, 0.4) is 0 Å². The summed E-state index contributed by atoms with van der Waals surface area (Å²) in [7, 11) is 0. The molecular formula is C11H16N4O. The van der Waals surface area contributed by atoms with Gasteiger partial charge in [-0.3, -0.25) is 9.78 Å². The molecule has 0 radical (unpaired) electrons. The van der Waals surface area contributed by atoms with Crippen molar-refractivity contribution in [1.82, 2.24) is 15.3 Å². The van der Waals surface area contributed by atoms with Crippen LogP contribution < -0.4 is 10.6 Å². The van der Waals surface area contributed by atoms with Gasteiger partial charge < -0.3 is 10.6 Å². The number of nitrogens with one attached hydrogen (secondary N) is 2. The first-order valence-electron chi connectivity index (χ1n) is 5.48. The van der Waals surface area contributed by atoms with Gasteiger partial charge in [-0.2, -0.15) is 0 Å². The van der Waals surface area contributed by atoms with Gasteiger partial charge in [-0.05, 0) is 20.3 Å². The summed E-state index contributed by atoms with van der Waals surface area (Å²) in [6, 6.07) is 0.218. The maximum absolute atomic E-state index is 11.0. The molecule has 1 atom stereocenters. The molecule has 0 aromatic carbocycles. The summed E-state index contributed by atoms with van der Waals surface area (Å²) in [4.78, 5) is 19.6. The van der Waals surface area contributed by atoms with E-state index in [1.165, 1.54) is 0 Å². The Morgan fingerprint density at radius 2 is 2.31 bits per heavy atom. The zero-order valence-corrected chi connectivity index (χ0v) is 9.58. The Labute approximate surface area is 94.7 Å². The van der Waals surface area contributed by atoms with E-state index >= 15 is 0 Å². The van der Waals surface area contributed by atoms with Crippen molar-refractivity contribution < 1.29 is 4.79 Å². The van der Waals surface area contributed by atoms with E-state index in [1.54, 1.807) is 6.20 Å². The molecule has 1 aromatic heterocycles. The molecule has 1 aliphatic rings. The van der Waals surface area contributed by atoms with E-state index in [2.05, 4.69) is 20.6 Å². The number of anilines is 1. The van der Waals surface area contributed by atoms with Crippen molar-refractivity contribution in [1.29, 1.82) is 0 Å². The van der Waals surface area contributed by atoms with Crippen LogP contribution in [0.4, 0.5) is 5.82 Å².